The summed E-state index contributed by atoms with van der Waals surface area (Å²) in [6.07, 6.45) is 9.61. The average Bonchev–Trinajstić information content (AvgIpc) is 3.10. The van der Waals surface area contributed by atoms with Crippen molar-refractivity contribution in [3.63, 3.8) is 0 Å². The molecular formula is C17H17NO. The van der Waals surface area contributed by atoms with E-state index in [0.29, 0.717) is 0 Å². The Morgan fingerprint density at radius 3 is 2.89 bits per heavy atom. The molecule has 1 aromatic carbocycles. The molecule has 0 amide bonds. The van der Waals surface area contributed by atoms with Crippen molar-refractivity contribution >= 4 is 6.21 Å². The van der Waals surface area contributed by atoms with Gasteiger partial charge < -0.3 is 4.42 Å². The Hall–Kier alpha value is -1.83. The highest BCUT2D eigenvalue weighted by Crippen LogP contribution is 2.40. The minimum Gasteiger partial charge on any atom is -0.464 e. The number of hydrogen-bond acceptors (Lipinski definition) is 2. The van der Waals surface area contributed by atoms with Crippen LogP contribution >= 0.6 is 0 Å². The first kappa shape index (κ1) is 11.0. The minimum atomic E-state index is 0.203. The summed E-state index contributed by atoms with van der Waals surface area (Å²) in [5, 5.41) is 0. The molecule has 1 aliphatic carbocycles. The van der Waals surface area contributed by atoms with E-state index in [4.69, 9.17) is 9.41 Å². The van der Waals surface area contributed by atoms with Crippen molar-refractivity contribution in [2.45, 2.75) is 37.6 Å². The van der Waals surface area contributed by atoms with Gasteiger partial charge in [-0.25, -0.2) is 0 Å². The number of hydrogen-bond donors (Lipinski definition) is 0. The monoisotopic (exact) mass is 251 g/mol. The molecule has 1 spiro atoms. The summed E-state index contributed by atoms with van der Waals surface area (Å²) < 4.78 is 5.57. The zero-order chi connectivity index (χ0) is 12.7. The van der Waals surface area contributed by atoms with Gasteiger partial charge in [0.15, 0.2) is 0 Å². The molecule has 2 heterocycles. The molecule has 0 fully saturated rings. The molecule has 0 saturated carbocycles. The smallest absolute Gasteiger partial charge is 0.134 e. The van der Waals surface area contributed by atoms with Crippen LogP contribution in [0.25, 0.3) is 11.3 Å². The summed E-state index contributed by atoms with van der Waals surface area (Å²) in [5.41, 5.74) is 4.39. The van der Waals surface area contributed by atoms with Gasteiger partial charge in [0, 0.05) is 5.56 Å². The predicted molar refractivity (Wildman–Crippen MR) is 76.6 cm³/mol. The standard InChI is InChI=1S/C17H17NO/c1-4-13-12-17(8-3-10-18-17)9-7-14(13)15(5-1)16-6-2-11-19-16/h1-2,4-6,10-11H,3,7-9,12H2/t17-/m0/s1. The maximum atomic E-state index is 5.57. The van der Waals surface area contributed by atoms with E-state index in [1.807, 2.05) is 12.1 Å². The third kappa shape index (κ3) is 1.74. The Morgan fingerprint density at radius 1 is 1.11 bits per heavy atom. The third-order valence-corrected chi connectivity index (χ3v) is 4.52. The molecule has 1 atom stereocenters. The second-order valence-corrected chi connectivity index (χ2v) is 5.67. The van der Waals surface area contributed by atoms with Crippen molar-refractivity contribution in [1.82, 2.24) is 0 Å². The fraction of sp³-hybridized carbons (Fsp3) is 0.353. The van der Waals surface area contributed by atoms with Gasteiger partial charge in [0.1, 0.15) is 5.76 Å². The van der Waals surface area contributed by atoms with Gasteiger partial charge in [0.25, 0.3) is 0 Å². The van der Waals surface area contributed by atoms with Crippen LogP contribution in [-0.4, -0.2) is 11.8 Å². The molecule has 0 radical (unpaired) electrons. The highest BCUT2D eigenvalue weighted by Gasteiger charge is 2.36. The average molecular weight is 251 g/mol. The summed E-state index contributed by atoms with van der Waals surface area (Å²) in [7, 11) is 0. The van der Waals surface area contributed by atoms with Gasteiger partial charge >= 0.3 is 0 Å². The van der Waals surface area contributed by atoms with E-state index in [0.717, 1.165) is 25.0 Å². The van der Waals surface area contributed by atoms with E-state index in [-0.39, 0.29) is 5.54 Å². The van der Waals surface area contributed by atoms with Gasteiger partial charge in [-0.05, 0) is 61.6 Å². The summed E-state index contributed by atoms with van der Waals surface area (Å²) >= 11 is 0. The molecule has 4 rings (SSSR count). The third-order valence-electron chi connectivity index (χ3n) is 4.52. The van der Waals surface area contributed by atoms with Gasteiger partial charge in [0.05, 0.1) is 11.8 Å². The molecule has 0 N–H and O–H groups in total. The fourth-order valence-corrected chi connectivity index (χ4v) is 3.54. The van der Waals surface area contributed by atoms with E-state index in [1.54, 1.807) is 6.26 Å². The van der Waals surface area contributed by atoms with Crippen LogP contribution in [-0.2, 0) is 12.8 Å². The molecule has 2 nitrogen and oxygen atoms in total. The Bertz CT molecular complexity index is 627. The fourth-order valence-electron chi connectivity index (χ4n) is 3.54. The highest BCUT2D eigenvalue weighted by atomic mass is 16.3. The first-order valence-corrected chi connectivity index (χ1v) is 7.05. The predicted octanol–water partition coefficient (Wildman–Crippen LogP) is 4.04. The molecule has 96 valence electrons. The number of rotatable bonds is 1. The Morgan fingerprint density at radius 2 is 2.11 bits per heavy atom. The summed E-state index contributed by atoms with van der Waals surface area (Å²) in [6, 6.07) is 10.6. The lowest BCUT2D eigenvalue weighted by atomic mass is 9.75. The molecule has 0 saturated heterocycles. The Labute approximate surface area is 113 Å². The largest absolute Gasteiger partial charge is 0.464 e. The van der Waals surface area contributed by atoms with Crippen molar-refractivity contribution in [2.24, 2.45) is 4.99 Å². The van der Waals surface area contributed by atoms with Crippen molar-refractivity contribution in [2.75, 3.05) is 0 Å². The topological polar surface area (TPSA) is 25.5 Å². The minimum absolute atomic E-state index is 0.203. The van der Waals surface area contributed by atoms with Gasteiger partial charge in [0.2, 0.25) is 0 Å². The number of benzene rings is 1. The quantitative estimate of drug-likeness (QED) is 0.751. The second-order valence-electron chi connectivity index (χ2n) is 5.67. The van der Waals surface area contributed by atoms with Crippen LogP contribution in [0.15, 0.2) is 46.0 Å². The van der Waals surface area contributed by atoms with E-state index >= 15 is 0 Å². The summed E-state index contributed by atoms with van der Waals surface area (Å²) in [5.74, 6) is 0.989. The van der Waals surface area contributed by atoms with Crippen LogP contribution in [0.2, 0.25) is 0 Å². The van der Waals surface area contributed by atoms with E-state index < -0.39 is 0 Å². The van der Waals surface area contributed by atoms with E-state index in [9.17, 15) is 0 Å². The van der Waals surface area contributed by atoms with Crippen LogP contribution in [0.1, 0.15) is 30.4 Å². The summed E-state index contributed by atoms with van der Waals surface area (Å²) in [6.45, 7) is 0. The van der Waals surface area contributed by atoms with Crippen LogP contribution in [0.5, 0.6) is 0 Å². The Balaban J connectivity index is 1.78. The number of nitrogens with zero attached hydrogens (tertiary/aromatic N) is 1. The van der Waals surface area contributed by atoms with Crippen molar-refractivity contribution < 1.29 is 4.42 Å². The lowest BCUT2D eigenvalue weighted by molar-refractivity contribution is 0.375. The Kier molecular flexibility index (Phi) is 2.37. The SMILES string of the molecule is C1=N[C@@]2(CC1)CCc1c(cccc1-c1ccco1)C2. The first-order valence-electron chi connectivity index (χ1n) is 7.05. The molecular weight excluding hydrogens is 234 g/mol. The van der Waals surface area contributed by atoms with Crippen molar-refractivity contribution in [3.8, 4) is 11.3 Å². The van der Waals surface area contributed by atoms with Crippen LogP contribution in [0.4, 0.5) is 0 Å². The molecule has 2 aliphatic rings. The zero-order valence-electron chi connectivity index (χ0n) is 10.9. The molecule has 0 bridgehead atoms. The zero-order valence-corrected chi connectivity index (χ0v) is 10.9. The van der Waals surface area contributed by atoms with Crippen LogP contribution in [0, 0.1) is 0 Å². The molecule has 1 aromatic heterocycles. The molecule has 19 heavy (non-hydrogen) atoms. The van der Waals surface area contributed by atoms with Gasteiger partial charge in [-0.3, -0.25) is 4.99 Å². The van der Waals surface area contributed by atoms with Gasteiger partial charge in [-0.15, -0.1) is 0 Å². The van der Waals surface area contributed by atoms with Gasteiger partial charge in [-0.1, -0.05) is 18.2 Å². The van der Waals surface area contributed by atoms with Gasteiger partial charge in [-0.2, -0.15) is 0 Å². The highest BCUT2D eigenvalue weighted by molar-refractivity contribution is 5.66. The lowest BCUT2D eigenvalue weighted by Crippen LogP contribution is -2.31. The van der Waals surface area contributed by atoms with Crippen molar-refractivity contribution in [3.05, 3.63) is 47.7 Å². The van der Waals surface area contributed by atoms with Crippen molar-refractivity contribution in [1.29, 1.82) is 0 Å². The molecule has 1 aliphatic heterocycles. The molecule has 2 heteroatoms. The van der Waals surface area contributed by atoms with Crippen LogP contribution in [0.3, 0.4) is 0 Å². The molecule has 0 unspecified atom stereocenters. The van der Waals surface area contributed by atoms with E-state index in [2.05, 4.69) is 24.4 Å². The summed E-state index contributed by atoms with van der Waals surface area (Å²) in [4.78, 5) is 4.77. The normalized spacial score (nSPS) is 24.8. The maximum Gasteiger partial charge on any atom is 0.134 e. The number of furan rings is 1. The van der Waals surface area contributed by atoms with E-state index in [1.165, 1.54) is 29.5 Å². The first-order chi connectivity index (χ1) is 9.36. The molecule has 2 aromatic rings. The number of fused-ring (bicyclic) bond motifs is 1. The maximum absolute atomic E-state index is 5.57. The lowest BCUT2D eigenvalue weighted by Gasteiger charge is -2.33. The second kappa shape index (κ2) is 4.09. The van der Waals surface area contributed by atoms with Crippen LogP contribution < -0.4 is 0 Å². The number of aliphatic imine (C=N–C) groups is 1.